The van der Waals surface area contributed by atoms with Crippen molar-refractivity contribution in [3.8, 4) is 0 Å². The van der Waals surface area contributed by atoms with E-state index >= 15 is 0 Å². The monoisotopic (exact) mass is 360 g/mol. The zero-order valence-corrected chi connectivity index (χ0v) is 15.7. The number of hydrogen-bond donors (Lipinski definition) is 3. The Morgan fingerprint density at radius 2 is 1.78 bits per heavy atom. The maximum atomic E-state index is 9.67. The standard InChI is InChI=1S/C24H28N2O/c27-17-24-22(21-11-6-7-13-23(21)26-24)12-5-4-10-20-16-19(14-15-25-20)18-8-2-1-3-9-18/h1-3,6-9,11,13-14,20,25-27H,4-5,10,12,15-17H2. The molecule has 3 N–H and O–H groups in total. The summed E-state index contributed by atoms with van der Waals surface area (Å²) < 4.78 is 0. The molecule has 0 saturated carbocycles. The molecule has 1 atom stereocenters. The SMILES string of the molecule is OCc1[nH]c2ccccc2c1CCCCC1CC(c2ccccc2)=CCN1. The van der Waals surface area contributed by atoms with Gasteiger partial charge < -0.3 is 15.4 Å². The molecule has 0 bridgehead atoms. The number of rotatable bonds is 7. The van der Waals surface area contributed by atoms with E-state index in [2.05, 4.69) is 64.9 Å². The van der Waals surface area contributed by atoms with E-state index in [9.17, 15) is 5.11 Å². The van der Waals surface area contributed by atoms with Gasteiger partial charge in [0, 0.05) is 29.2 Å². The van der Waals surface area contributed by atoms with Crippen molar-refractivity contribution in [2.75, 3.05) is 6.54 Å². The van der Waals surface area contributed by atoms with Crippen LogP contribution in [0.2, 0.25) is 0 Å². The summed E-state index contributed by atoms with van der Waals surface area (Å²) in [7, 11) is 0. The Morgan fingerprint density at radius 3 is 2.63 bits per heavy atom. The van der Waals surface area contributed by atoms with Crippen LogP contribution in [0.4, 0.5) is 0 Å². The molecular formula is C24H28N2O. The van der Waals surface area contributed by atoms with Crippen molar-refractivity contribution in [3.05, 3.63) is 77.5 Å². The lowest BCUT2D eigenvalue weighted by molar-refractivity contribution is 0.276. The molecule has 2 heterocycles. The average Bonchev–Trinajstić information content (AvgIpc) is 3.10. The van der Waals surface area contributed by atoms with Crippen LogP contribution in [0, 0.1) is 0 Å². The second-order valence-corrected chi connectivity index (χ2v) is 7.44. The number of aromatic nitrogens is 1. The van der Waals surface area contributed by atoms with Crippen molar-refractivity contribution in [3.63, 3.8) is 0 Å². The minimum Gasteiger partial charge on any atom is -0.390 e. The summed E-state index contributed by atoms with van der Waals surface area (Å²) >= 11 is 0. The van der Waals surface area contributed by atoms with Crippen LogP contribution in [0.1, 0.15) is 42.5 Å². The molecule has 4 rings (SSSR count). The topological polar surface area (TPSA) is 48.0 Å². The second-order valence-electron chi connectivity index (χ2n) is 7.44. The second kappa shape index (κ2) is 8.55. The van der Waals surface area contributed by atoms with Crippen LogP contribution in [0.5, 0.6) is 0 Å². The lowest BCUT2D eigenvalue weighted by atomic mass is 9.92. The molecule has 0 aliphatic carbocycles. The molecule has 1 unspecified atom stereocenters. The summed E-state index contributed by atoms with van der Waals surface area (Å²) in [4.78, 5) is 3.36. The maximum absolute atomic E-state index is 9.67. The molecule has 2 aromatic carbocycles. The fourth-order valence-corrected chi connectivity index (χ4v) is 4.23. The minimum absolute atomic E-state index is 0.0828. The molecule has 0 radical (unpaired) electrons. The first-order valence-electron chi connectivity index (χ1n) is 10.0. The van der Waals surface area contributed by atoms with Gasteiger partial charge in [-0.25, -0.2) is 0 Å². The van der Waals surface area contributed by atoms with Gasteiger partial charge in [0.15, 0.2) is 0 Å². The summed E-state index contributed by atoms with van der Waals surface area (Å²) in [6.07, 6.45) is 8.00. The van der Waals surface area contributed by atoms with E-state index in [1.165, 1.54) is 34.9 Å². The molecule has 1 aliphatic heterocycles. The Bertz CT molecular complexity index is 911. The van der Waals surface area contributed by atoms with E-state index in [0.29, 0.717) is 6.04 Å². The number of aromatic amines is 1. The predicted molar refractivity (Wildman–Crippen MR) is 113 cm³/mol. The van der Waals surface area contributed by atoms with E-state index in [1.807, 2.05) is 6.07 Å². The fraction of sp³-hybridized carbons (Fsp3) is 0.333. The molecule has 140 valence electrons. The molecule has 3 heteroatoms. The van der Waals surface area contributed by atoms with Crippen LogP contribution >= 0.6 is 0 Å². The number of aryl methyl sites for hydroxylation is 1. The highest BCUT2D eigenvalue weighted by Gasteiger charge is 2.16. The first kappa shape index (κ1) is 18.0. The van der Waals surface area contributed by atoms with Crippen LogP contribution in [-0.4, -0.2) is 22.7 Å². The Hall–Kier alpha value is -2.36. The van der Waals surface area contributed by atoms with Crippen LogP contribution in [-0.2, 0) is 13.0 Å². The molecule has 27 heavy (non-hydrogen) atoms. The quantitative estimate of drug-likeness (QED) is 0.529. The van der Waals surface area contributed by atoms with Gasteiger partial charge in [0.1, 0.15) is 0 Å². The van der Waals surface area contributed by atoms with Crippen LogP contribution in [0.3, 0.4) is 0 Å². The van der Waals surface area contributed by atoms with Crippen molar-refractivity contribution in [2.45, 2.75) is 44.8 Å². The summed E-state index contributed by atoms with van der Waals surface area (Å²) in [6, 6.07) is 19.6. The number of hydrogen-bond acceptors (Lipinski definition) is 2. The number of fused-ring (bicyclic) bond motifs is 1. The van der Waals surface area contributed by atoms with Crippen LogP contribution < -0.4 is 5.32 Å². The van der Waals surface area contributed by atoms with Crippen molar-refractivity contribution in [1.29, 1.82) is 0 Å². The molecule has 0 fully saturated rings. The van der Waals surface area contributed by atoms with Gasteiger partial charge in [-0.3, -0.25) is 0 Å². The van der Waals surface area contributed by atoms with Gasteiger partial charge in [0.2, 0.25) is 0 Å². The van der Waals surface area contributed by atoms with Crippen molar-refractivity contribution >= 4 is 16.5 Å². The van der Waals surface area contributed by atoms with Crippen molar-refractivity contribution in [1.82, 2.24) is 10.3 Å². The van der Waals surface area contributed by atoms with E-state index < -0.39 is 0 Å². The highest BCUT2D eigenvalue weighted by atomic mass is 16.3. The summed E-state index contributed by atoms with van der Waals surface area (Å²) in [5, 5.41) is 14.6. The molecule has 0 saturated heterocycles. The number of nitrogens with one attached hydrogen (secondary N) is 2. The zero-order chi connectivity index (χ0) is 18.5. The molecule has 0 spiro atoms. The third-order valence-electron chi connectivity index (χ3n) is 5.66. The number of H-pyrrole nitrogens is 1. The minimum atomic E-state index is 0.0828. The highest BCUT2D eigenvalue weighted by molar-refractivity contribution is 5.84. The number of benzene rings is 2. The van der Waals surface area contributed by atoms with Gasteiger partial charge in [-0.1, -0.05) is 61.0 Å². The molecule has 1 aromatic heterocycles. The van der Waals surface area contributed by atoms with Gasteiger partial charge in [-0.2, -0.15) is 0 Å². The molecule has 3 aromatic rings. The van der Waals surface area contributed by atoms with Gasteiger partial charge in [-0.05, 0) is 48.4 Å². The smallest absolute Gasteiger partial charge is 0.0834 e. The number of aliphatic hydroxyl groups excluding tert-OH is 1. The van der Waals surface area contributed by atoms with Crippen molar-refractivity contribution in [2.24, 2.45) is 0 Å². The third-order valence-corrected chi connectivity index (χ3v) is 5.66. The summed E-state index contributed by atoms with van der Waals surface area (Å²) in [5.74, 6) is 0. The normalized spacial score (nSPS) is 17.2. The fourth-order valence-electron chi connectivity index (χ4n) is 4.23. The van der Waals surface area contributed by atoms with E-state index in [1.54, 1.807) is 0 Å². The van der Waals surface area contributed by atoms with Gasteiger partial charge in [-0.15, -0.1) is 0 Å². The molecular weight excluding hydrogens is 332 g/mol. The Kier molecular flexibility index (Phi) is 5.71. The lowest BCUT2D eigenvalue weighted by Gasteiger charge is -2.24. The third kappa shape index (κ3) is 4.15. The summed E-state index contributed by atoms with van der Waals surface area (Å²) in [6.45, 7) is 1.05. The van der Waals surface area contributed by atoms with Gasteiger partial charge in [0.25, 0.3) is 0 Å². The number of para-hydroxylation sites is 1. The predicted octanol–water partition coefficient (Wildman–Crippen LogP) is 4.82. The van der Waals surface area contributed by atoms with Gasteiger partial charge >= 0.3 is 0 Å². The maximum Gasteiger partial charge on any atom is 0.0834 e. The first-order chi connectivity index (χ1) is 13.3. The number of unbranched alkanes of at least 4 members (excludes halogenated alkanes) is 1. The largest absolute Gasteiger partial charge is 0.390 e. The first-order valence-corrected chi connectivity index (χ1v) is 10.0. The number of aliphatic hydroxyl groups is 1. The highest BCUT2D eigenvalue weighted by Crippen LogP contribution is 2.26. The molecule has 3 nitrogen and oxygen atoms in total. The Balaban J connectivity index is 1.32. The van der Waals surface area contributed by atoms with Gasteiger partial charge in [0.05, 0.1) is 6.61 Å². The van der Waals surface area contributed by atoms with E-state index in [0.717, 1.165) is 37.0 Å². The average molecular weight is 361 g/mol. The summed E-state index contributed by atoms with van der Waals surface area (Å²) in [5.41, 5.74) is 6.22. The van der Waals surface area contributed by atoms with Crippen LogP contribution in [0.25, 0.3) is 16.5 Å². The van der Waals surface area contributed by atoms with E-state index in [-0.39, 0.29) is 6.61 Å². The van der Waals surface area contributed by atoms with Crippen molar-refractivity contribution < 1.29 is 5.11 Å². The van der Waals surface area contributed by atoms with Crippen LogP contribution in [0.15, 0.2) is 60.7 Å². The van der Waals surface area contributed by atoms with E-state index in [4.69, 9.17) is 0 Å². The Labute approximate surface area is 161 Å². The molecule has 1 aliphatic rings. The molecule has 0 amide bonds. The lowest BCUT2D eigenvalue weighted by Crippen LogP contribution is -2.32. The Morgan fingerprint density at radius 1 is 0.963 bits per heavy atom. The zero-order valence-electron chi connectivity index (χ0n) is 15.7.